The molecule has 2 atom stereocenters. The Morgan fingerprint density at radius 1 is 1.58 bits per heavy atom. The van der Waals surface area contributed by atoms with Crippen LogP contribution in [0.25, 0.3) is 0 Å². The molecule has 0 amide bonds. The van der Waals surface area contributed by atoms with Crippen LogP contribution < -0.4 is 0 Å². The highest BCUT2D eigenvalue weighted by Crippen LogP contribution is 2.19. The monoisotopic (exact) mass is 171 g/mol. The zero-order chi connectivity index (χ0) is 9.14. The summed E-state index contributed by atoms with van der Waals surface area (Å²) in [6.07, 6.45) is 0.644. The molecule has 1 aliphatic heterocycles. The van der Waals surface area contributed by atoms with E-state index < -0.39 is 0 Å². The van der Waals surface area contributed by atoms with Crippen molar-refractivity contribution in [3.8, 4) is 0 Å². The van der Waals surface area contributed by atoms with E-state index in [1.54, 1.807) is 0 Å². The number of rotatable bonds is 2. The summed E-state index contributed by atoms with van der Waals surface area (Å²) in [5, 5.41) is 8.76. The van der Waals surface area contributed by atoms with Gasteiger partial charge in [0.15, 0.2) is 0 Å². The lowest BCUT2D eigenvalue weighted by Crippen LogP contribution is -2.47. The molecule has 0 radical (unpaired) electrons. The predicted molar refractivity (Wildman–Crippen MR) is 46.9 cm³/mol. The number of carbonyl (C=O) groups is 1. The van der Waals surface area contributed by atoms with Crippen molar-refractivity contribution in [2.24, 2.45) is 5.92 Å². The number of hydrogen-bond donors (Lipinski definition) is 1. The van der Waals surface area contributed by atoms with E-state index in [0.717, 1.165) is 6.54 Å². The van der Waals surface area contributed by atoms with Gasteiger partial charge in [-0.2, -0.15) is 0 Å². The van der Waals surface area contributed by atoms with Crippen molar-refractivity contribution in [1.82, 2.24) is 4.90 Å². The summed E-state index contributed by atoms with van der Waals surface area (Å²) in [6.45, 7) is 5.71. The van der Waals surface area contributed by atoms with E-state index in [-0.39, 0.29) is 12.5 Å². The van der Waals surface area contributed by atoms with Crippen LogP contribution in [0.15, 0.2) is 0 Å². The fraction of sp³-hybridized carbons (Fsp3) is 0.889. The zero-order valence-electron chi connectivity index (χ0n) is 7.79. The molecule has 1 heterocycles. The van der Waals surface area contributed by atoms with Crippen LogP contribution in [0.5, 0.6) is 0 Å². The molecular weight excluding hydrogens is 154 g/mol. The molecule has 0 aromatic heterocycles. The molecule has 3 heteroatoms. The topological polar surface area (TPSA) is 40.5 Å². The van der Waals surface area contributed by atoms with Gasteiger partial charge in [0, 0.05) is 31.5 Å². The van der Waals surface area contributed by atoms with Gasteiger partial charge in [-0.15, -0.1) is 0 Å². The van der Waals surface area contributed by atoms with Crippen LogP contribution in [0.4, 0.5) is 0 Å². The maximum atomic E-state index is 11.3. The van der Waals surface area contributed by atoms with Gasteiger partial charge in [-0.1, -0.05) is 6.92 Å². The third kappa shape index (κ3) is 1.84. The Balaban J connectivity index is 2.52. The maximum Gasteiger partial charge on any atom is 0.138 e. The summed E-state index contributed by atoms with van der Waals surface area (Å²) in [5.41, 5.74) is 0. The number of piperidine rings is 1. The van der Waals surface area contributed by atoms with Gasteiger partial charge in [0.2, 0.25) is 0 Å². The van der Waals surface area contributed by atoms with E-state index >= 15 is 0 Å². The van der Waals surface area contributed by atoms with Crippen LogP contribution in [-0.4, -0.2) is 41.5 Å². The lowest BCUT2D eigenvalue weighted by atomic mass is 9.91. The third-order valence-electron chi connectivity index (χ3n) is 2.84. The highest BCUT2D eigenvalue weighted by atomic mass is 16.3. The summed E-state index contributed by atoms with van der Waals surface area (Å²) in [6, 6.07) is 0.290. The largest absolute Gasteiger partial charge is 0.395 e. The third-order valence-corrected chi connectivity index (χ3v) is 2.84. The van der Waals surface area contributed by atoms with Crippen LogP contribution in [0.1, 0.15) is 20.3 Å². The molecular formula is C9H17NO2. The Labute approximate surface area is 73.4 Å². The molecule has 0 aliphatic carbocycles. The van der Waals surface area contributed by atoms with Gasteiger partial charge in [0.25, 0.3) is 0 Å². The fourth-order valence-corrected chi connectivity index (χ4v) is 1.71. The molecule has 3 nitrogen and oxygen atoms in total. The van der Waals surface area contributed by atoms with Crippen molar-refractivity contribution in [1.29, 1.82) is 0 Å². The Morgan fingerprint density at radius 2 is 2.25 bits per heavy atom. The van der Waals surface area contributed by atoms with Crippen molar-refractivity contribution in [3.63, 3.8) is 0 Å². The normalized spacial score (nSPS) is 32.4. The molecule has 1 fully saturated rings. The van der Waals surface area contributed by atoms with E-state index in [1.807, 2.05) is 6.92 Å². The molecule has 70 valence electrons. The number of likely N-dealkylation sites (tertiary alicyclic amines) is 1. The second-order valence-electron chi connectivity index (χ2n) is 3.51. The van der Waals surface area contributed by atoms with Crippen LogP contribution in [0.2, 0.25) is 0 Å². The number of hydrogen-bond acceptors (Lipinski definition) is 3. The SMILES string of the molecule is C[C@@H]1C(=O)CCN(CCO)[C@H]1C. The molecule has 0 unspecified atom stereocenters. The van der Waals surface area contributed by atoms with E-state index in [9.17, 15) is 4.79 Å². The van der Waals surface area contributed by atoms with E-state index in [2.05, 4.69) is 11.8 Å². The Hall–Kier alpha value is -0.410. The van der Waals surface area contributed by atoms with Gasteiger partial charge in [0.05, 0.1) is 6.61 Å². The second-order valence-corrected chi connectivity index (χ2v) is 3.51. The van der Waals surface area contributed by atoms with Gasteiger partial charge in [-0.3, -0.25) is 9.69 Å². The van der Waals surface area contributed by atoms with Crippen molar-refractivity contribution in [2.45, 2.75) is 26.3 Å². The highest BCUT2D eigenvalue weighted by molar-refractivity contribution is 5.82. The predicted octanol–water partition coefficient (Wildman–Crippen LogP) is 0.278. The first-order chi connectivity index (χ1) is 5.66. The Morgan fingerprint density at radius 3 is 2.83 bits per heavy atom. The molecule has 1 N–H and O–H groups in total. The van der Waals surface area contributed by atoms with Crippen molar-refractivity contribution in [3.05, 3.63) is 0 Å². The van der Waals surface area contributed by atoms with E-state index in [4.69, 9.17) is 5.11 Å². The summed E-state index contributed by atoms with van der Waals surface area (Å²) < 4.78 is 0. The van der Waals surface area contributed by atoms with Gasteiger partial charge in [0.1, 0.15) is 5.78 Å². The van der Waals surface area contributed by atoms with Crippen LogP contribution in [0, 0.1) is 5.92 Å². The number of aliphatic hydroxyl groups excluding tert-OH is 1. The first kappa shape index (κ1) is 9.68. The molecule has 1 rings (SSSR count). The number of aliphatic hydroxyl groups is 1. The quantitative estimate of drug-likeness (QED) is 0.648. The van der Waals surface area contributed by atoms with E-state index in [1.165, 1.54) is 0 Å². The van der Waals surface area contributed by atoms with Gasteiger partial charge in [-0.05, 0) is 6.92 Å². The minimum atomic E-state index is 0.130. The minimum absolute atomic E-state index is 0.130. The van der Waals surface area contributed by atoms with Crippen molar-refractivity contribution in [2.75, 3.05) is 19.7 Å². The van der Waals surface area contributed by atoms with Crippen molar-refractivity contribution >= 4 is 5.78 Å². The molecule has 0 spiro atoms. The Bertz CT molecular complexity index is 170. The number of carbonyl (C=O) groups excluding carboxylic acids is 1. The van der Waals surface area contributed by atoms with Crippen LogP contribution in [-0.2, 0) is 4.79 Å². The summed E-state index contributed by atoms with van der Waals surface area (Å²) in [7, 11) is 0. The summed E-state index contributed by atoms with van der Waals surface area (Å²) in [5.74, 6) is 0.488. The molecule has 1 aliphatic rings. The second kappa shape index (κ2) is 4.01. The number of ketones is 1. The van der Waals surface area contributed by atoms with Gasteiger partial charge >= 0.3 is 0 Å². The fourth-order valence-electron chi connectivity index (χ4n) is 1.71. The van der Waals surface area contributed by atoms with Crippen LogP contribution in [0.3, 0.4) is 0 Å². The minimum Gasteiger partial charge on any atom is -0.395 e. The van der Waals surface area contributed by atoms with Gasteiger partial charge < -0.3 is 5.11 Å². The van der Waals surface area contributed by atoms with Gasteiger partial charge in [-0.25, -0.2) is 0 Å². The van der Waals surface area contributed by atoms with E-state index in [0.29, 0.717) is 24.8 Å². The highest BCUT2D eigenvalue weighted by Gasteiger charge is 2.29. The molecule has 12 heavy (non-hydrogen) atoms. The smallest absolute Gasteiger partial charge is 0.138 e. The van der Waals surface area contributed by atoms with Crippen LogP contribution >= 0.6 is 0 Å². The molecule has 0 saturated carbocycles. The summed E-state index contributed by atoms with van der Waals surface area (Å²) >= 11 is 0. The molecule has 0 aromatic rings. The molecule has 0 aromatic carbocycles. The molecule has 1 saturated heterocycles. The summed E-state index contributed by atoms with van der Waals surface area (Å²) in [4.78, 5) is 13.4. The zero-order valence-corrected chi connectivity index (χ0v) is 7.79. The lowest BCUT2D eigenvalue weighted by Gasteiger charge is -2.36. The molecule has 0 bridgehead atoms. The first-order valence-corrected chi connectivity index (χ1v) is 4.54. The first-order valence-electron chi connectivity index (χ1n) is 4.54. The Kier molecular flexibility index (Phi) is 3.23. The van der Waals surface area contributed by atoms with Crippen molar-refractivity contribution < 1.29 is 9.90 Å². The maximum absolute atomic E-state index is 11.3. The number of nitrogens with zero attached hydrogens (tertiary/aromatic N) is 1. The average Bonchev–Trinajstić information content (AvgIpc) is 2.07. The number of Topliss-reactive ketones (excluding diaryl/α,β-unsaturated/α-hetero) is 1. The average molecular weight is 171 g/mol. The number of β-amino-alcohol motifs (C(OH)–C–C–N with tert-alkyl or cyclic N) is 1. The standard InChI is InChI=1S/C9H17NO2/c1-7-8(2)10(5-6-11)4-3-9(7)12/h7-8,11H,3-6H2,1-2H3/t7-,8-/m0/s1. The lowest BCUT2D eigenvalue weighted by molar-refractivity contribution is -0.128.